The highest BCUT2D eigenvalue weighted by atomic mass is 35.5. The van der Waals surface area contributed by atoms with Gasteiger partial charge in [-0.1, -0.05) is 36.2 Å². The van der Waals surface area contributed by atoms with Crippen molar-refractivity contribution in [3.63, 3.8) is 0 Å². The number of benzene rings is 1. The Kier molecular flexibility index (Phi) is 3.65. The maximum atomic E-state index is 10.5. The Morgan fingerprint density at radius 1 is 1.29 bits per heavy atom. The van der Waals surface area contributed by atoms with Crippen LogP contribution >= 0.6 is 23.2 Å². The lowest BCUT2D eigenvalue weighted by atomic mass is 9.97. The van der Waals surface area contributed by atoms with Crippen LogP contribution < -0.4 is 0 Å². The van der Waals surface area contributed by atoms with Crippen molar-refractivity contribution in [2.75, 3.05) is 0 Å². The van der Waals surface area contributed by atoms with Crippen LogP contribution in [0, 0.1) is 0 Å². The Labute approximate surface area is 110 Å². The lowest BCUT2D eigenvalue weighted by Gasteiger charge is -2.12. The highest BCUT2D eigenvalue weighted by Crippen LogP contribution is 2.32. The van der Waals surface area contributed by atoms with E-state index < -0.39 is 0 Å². The van der Waals surface area contributed by atoms with Gasteiger partial charge in [0.25, 0.3) is 0 Å². The monoisotopic (exact) mass is 267 g/mol. The summed E-state index contributed by atoms with van der Waals surface area (Å²) in [5, 5.41) is 1.97. The van der Waals surface area contributed by atoms with Crippen molar-refractivity contribution in [2.24, 2.45) is 0 Å². The Bertz CT molecular complexity index is 569. The van der Waals surface area contributed by atoms with Gasteiger partial charge in [0, 0.05) is 11.8 Å². The molecule has 0 saturated carbocycles. The number of nitrogens with zero attached hydrogens (tertiary/aromatic N) is 1. The molecular weight excluding hydrogens is 257 g/mol. The minimum Gasteiger partial charge on any atom is -0.303 e. The molecule has 17 heavy (non-hydrogen) atoms. The van der Waals surface area contributed by atoms with Crippen LogP contribution in [0.5, 0.6) is 0 Å². The van der Waals surface area contributed by atoms with Gasteiger partial charge in [-0.15, -0.1) is 0 Å². The normalized spacial score (nSPS) is 12.6. The molecule has 0 N–H and O–H groups in total. The minimum absolute atomic E-state index is 0.111. The second-order valence-electron chi connectivity index (χ2n) is 3.97. The van der Waals surface area contributed by atoms with Crippen LogP contribution in [0.1, 0.15) is 24.8 Å². The molecule has 1 unspecified atom stereocenters. The quantitative estimate of drug-likeness (QED) is 0.615. The highest BCUT2D eigenvalue weighted by Gasteiger charge is 2.12. The van der Waals surface area contributed by atoms with Crippen LogP contribution in [-0.4, -0.2) is 11.3 Å². The molecule has 0 bridgehead atoms. The maximum absolute atomic E-state index is 10.5. The van der Waals surface area contributed by atoms with Gasteiger partial charge in [0.2, 0.25) is 0 Å². The van der Waals surface area contributed by atoms with Crippen LogP contribution in [0.25, 0.3) is 10.9 Å². The topological polar surface area (TPSA) is 30.0 Å². The first-order chi connectivity index (χ1) is 8.13. The van der Waals surface area contributed by atoms with Gasteiger partial charge in [-0.05, 0) is 29.7 Å². The summed E-state index contributed by atoms with van der Waals surface area (Å²) in [5.41, 5.74) is 1.74. The number of carbonyl (C=O) groups is 1. The lowest BCUT2D eigenvalue weighted by molar-refractivity contribution is -0.108. The van der Waals surface area contributed by atoms with Crippen molar-refractivity contribution in [1.82, 2.24) is 4.98 Å². The average Bonchev–Trinajstić information content (AvgIpc) is 2.29. The van der Waals surface area contributed by atoms with E-state index >= 15 is 0 Å². The summed E-state index contributed by atoms with van der Waals surface area (Å²) in [7, 11) is 0. The molecule has 0 aliphatic heterocycles. The number of aldehydes is 1. The van der Waals surface area contributed by atoms with Crippen LogP contribution in [0.4, 0.5) is 0 Å². The molecule has 0 aliphatic carbocycles. The second-order valence-corrected chi connectivity index (χ2v) is 4.74. The molecule has 1 aromatic carbocycles. The number of aromatic nitrogens is 1. The zero-order valence-electron chi connectivity index (χ0n) is 9.28. The number of rotatable bonds is 3. The number of halogens is 2. The maximum Gasteiger partial charge on any atom is 0.129 e. The molecule has 0 spiro atoms. The molecule has 2 rings (SSSR count). The Morgan fingerprint density at radius 2 is 2.06 bits per heavy atom. The molecule has 1 heterocycles. The van der Waals surface area contributed by atoms with Crippen LogP contribution in [0.3, 0.4) is 0 Å². The first kappa shape index (κ1) is 12.3. The van der Waals surface area contributed by atoms with Gasteiger partial charge in [-0.3, -0.25) is 0 Å². The van der Waals surface area contributed by atoms with Crippen molar-refractivity contribution in [3.05, 3.63) is 40.0 Å². The molecule has 4 heteroatoms. The summed E-state index contributed by atoms with van der Waals surface area (Å²) in [6, 6.07) is 7.35. The number of pyridine rings is 1. The van der Waals surface area contributed by atoms with E-state index in [4.69, 9.17) is 23.2 Å². The smallest absolute Gasteiger partial charge is 0.129 e. The number of hydrogen-bond donors (Lipinski definition) is 0. The molecule has 0 fully saturated rings. The van der Waals surface area contributed by atoms with Gasteiger partial charge in [0.15, 0.2) is 0 Å². The fraction of sp³-hybridized carbons (Fsp3) is 0.231. The third-order valence-electron chi connectivity index (χ3n) is 2.78. The summed E-state index contributed by atoms with van der Waals surface area (Å²) in [4.78, 5) is 14.7. The van der Waals surface area contributed by atoms with E-state index in [1.165, 1.54) is 0 Å². The van der Waals surface area contributed by atoms with E-state index in [-0.39, 0.29) is 5.92 Å². The van der Waals surface area contributed by atoms with E-state index in [2.05, 4.69) is 4.98 Å². The number of carbonyl (C=O) groups excluding carboxylic acids is 1. The van der Waals surface area contributed by atoms with Crippen molar-refractivity contribution >= 4 is 40.4 Å². The van der Waals surface area contributed by atoms with Gasteiger partial charge in [-0.25, -0.2) is 4.98 Å². The molecule has 1 atom stereocenters. The standard InChI is InChI=1S/C13H11Cl2NO/c1-8(6-7-17)9-2-4-11-10(13(9)15)3-5-12(14)16-11/h2-5,7-8H,6H2,1H3. The average molecular weight is 268 g/mol. The summed E-state index contributed by atoms with van der Waals surface area (Å²) >= 11 is 12.1. The Balaban J connectivity index is 2.57. The van der Waals surface area contributed by atoms with Crippen molar-refractivity contribution in [3.8, 4) is 0 Å². The highest BCUT2D eigenvalue weighted by molar-refractivity contribution is 6.36. The third kappa shape index (κ3) is 2.43. The fourth-order valence-corrected chi connectivity index (χ4v) is 2.38. The lowest BCUT2D eigenvalue weighted by Crippen LogP contribution is -1.96. The molecule has 2 nitrogen and oxygen atoms in total. The van der Waals surface area contributed by atoms with E-state index in [1.807, 2.05) is 25.1 Å². The van der Waals surface area contributed by atoms with E-state index in [9.17, 15) is 4.79 Å². The number of hydrogen-bond acceptors (Lipinski definition) is 2. The van der Waals surface area contributed by atoms with Gasteiger partial charge >= 0.3 is 0 Å². The molecule has 1 aromatic heterocycles. The SMILES string of the molecule is CC(CC=O)c1ccc2nc(Cl)ccc2c1Cl. The Hall–Kier alpha value is -1.12. The van der Waals surface area contributed by atoms with Crippen LogP contribution in [0.2, 0.25) is 10.2 Å². The third-order valence-corrected chi connectivity index (χ3v) is 3.41. The predicted octanol–water partition coefficient (Wildman–Crippen LogP) is 4.23. The van der Waals surface area contributed by atoms with Crippen molar-refractivity contribution in [1.29, 1.82) is 0 Å². The van der Waals surface area contributed by atoms with Crippen LogP contribution in [0.15, 0.2) is 24.3 Å². The molecule has 2 aromatic rings. The minimum atomic E-state index is 0.111. The largest absolute Gasteiger partial charge is 0.303 e. The van der Waals surface area contributed by atoms with Crippen LogP contribution in [-0.2, 0) is 4.79 Å². The fourth-order valence-electron chi connectivity index (χ4n) is 1.81. The molecular formula is C13H11Cl2NO. The molecule has 0 amide bonds. The summed E-state index contributed by atoms with van der Waals surface area (Å²) in [6.07, 6.45) is 1.37. The van der Waals surface area contributed by atoms with Gasteiger partial charge in [0.05, 0.1) is 10.5 Å². The Morgan fingerprint density at radius 3 is 2.76 bits per heavy atom. The zero-order chi connectivity index (χ0) is 12.4. The predicted molar refractivity (Wildman–Crippen MR) is 70.9 cm³/mol. The molecule has 0 aliphatic rings. The van der Waals surface area contributed by atoms with E-state index in [0.717, 1.165) is 22.8 Å². The first-order valence-corrected chi connectivity index (χ1v) is 6.07. The summed E-state index contributed by atoms with van der Waals surface area (Å²) < 4.78 is 0. The first-order valence-electron chi connectivity index (χ1n) is 5.31. The van der Waals surface area contributed by atoms with E-state index in [0.29, 0.717) is 16.6 Å². The van der Waals surface area contributed by atoms with Crippen molar-refractivity contribution in [2.45, 2.75) is 19.3 Å². The van der Waals surface area contributed by atoms with E-state index in [1.54, 1.807) is 6.07 Å². The summed E-state index contributed by atoms with van der Waals surface area (Å²) in [6.45, 7) is 1.98. The zero-order valence-corrected chi connectivity index (χ0v) is 10.8. The molecule has 88 valence electrons. The second kappa shape index (κ2) is 5.03. The molecule has 0 saturated heterocycles. The number of fused-ring (bicyclic) bond motifs is 1. The van der Waals surface area contributed by atoms with Gasteiger partial charge in [-0.2, -0.15) is 0 Å². The van der Waals surface area contributed by atoms with Gasteiger partial charge in [0.1, 0.15) is 11.4 Å². The van der Waals surface area contributed by atoms with Crippen molar-refractivity contribution < 1.29 is 4.79 Å². The van der Waals surface area contributed by atoms with Gasteiger partial charge < -0.3 is 4.79 Å². The molecule has 0 radical (unpaired) electrons. The summed E-state index contributed by atoms with van der Waals surface area (Å²) in [5.74, 6) is 0.111.